The van der Waals surface area contributed by atoms with E-state index in [-0.39, 0.29) is 0 Å². The van der Waals surface area contributed by atoms with Crippen LogP contribution in [0.5, 0.6) is 0 Å². The number of nitrogens with zero attached hydrogens (tertiary/aromatic N) is 2. The summed E-state index contributed by atoms with van der Waals surface area (Å²) in [6.45, 7) is 3.35. The Kier molecular flexibility index (Phi) is 4.11. The number of halogens is 1. The third-order valence-electron chi connectivity index (χ3n) is 3.67. The van der Waals surface area contributed by atoms with Crippen LogP contribution in [0.1, 0.15) is 25.3 Å². The summed E-state index contributed by atoms with van der Waals surface area (Å²) in [5.74, 6) is 0. The molecule has 1 aliphatic heterocycles. The molecule has 0 saturated carbocycles. The van der Waals surface area contributed by atoms with Crippen LogP contribution in [0.3, 0.4) is 0 Å². The van der Waals surface area contributed by atoms with Gasteiger partial charge in [-0.2, -0.15) is 5.26 Å². The Balaban J connectivity index is 2.04. The molecule has 3 nitrogen and oxygen atoms in total. The van der Waals surface area contributed by atoms with E-state index < -0.39 is 0 Å². The van der Waals surface area contributed by atoms with E-state index in [4.69, 9.17) is 16.9 Å². The molecule has 2 atom stereocenters. The molecule has 0 aliphatic carbocycles. The van der Waals surface area contributed by atoms with Gasteiger partial charge in [0.1, 0.15) is 0 Å². The average molecular weight is 264 g/mol. The average Bonchev–Trinajstić information content (AvgIpc) is 2.36. The summed E-state index contributed by atoms with van der Waals surface area (Å²) in [6, 6.07) is 8.55. The molecule has 1 aliphatic rings. The fourth-order valence-corrected chi connectivity index (χ4v) is 2.58. The zero-order chi connectivity index (χ0) is 13.1. The van der Waals surface area contributed by atoms with E-state index in [9.17, 15) is 0 Å². The molecule has 0 amide bonds. The third-order valence-corrected chi connectivity index (χ3v) is 3.98. The van der Waals surface area contributed by atoms with E-state index >= 15 is 0 Å². The highest BCUT2D eigenvalue weighted by Crippen LogP contribution is 2.26. The smallest absolute Gasteiger partial charge is 0.0992 e. The maximum atomic E-state index is 8.80. The molecular formula is C14H18ClN3. The van der Waals surface area contributed by atoms with Crippen molar-refractivity contribution < 1.29 is 0 Å². The van der Waals surface area contributed by atoms with Gasteiger partial charge in [-0.1, -0.05) is 11.6 Å². The predicted octanol–water partition coefficient (Wildman–Crippen LogP) is 3.11. The van der Waals surface area contributed by atoms with E-state index in [1.54, 1.807) is 12.1 Å². The van der Waals surface area contributed by atoms with Crippen LogP contribution < -0.4 is 5.32 Å². The zero-order valence-electron chi connectivity index (χ0n) is 10.8. The molecule has 0 aromatic heterocycles. The van der Waals surface area contributed by atoms with Crippen LogP contribution in [-0.2, 0) is 0 Å². The summed E-state index contributed by atoms with van der Waals surface area (Å²) >= 11 is 6.17. The summed E-state index contributed by atoms with van der Waals surface area (Å²) < 4.78 is 0. The Morgan fingerprint density at radius 3 is 2.89 bits per heavy atom. The predicted molar refractivity (Wildman–Crippen MR) is 74.9 cm³/mol. The SMILES string of the molecule is CC1CC(Nc2ccc(C#N)cc2Cl)CCN1C. The van der Waals surface area contributed by atoms with E-state index in [0.717, 1.165) is 25.1 Å². The Labute approximate surface area is 113 Å². The summed E-state index contributed by atoms with van der Waals surface area (Å²) in [5, 5.41) is 12.9. The standard InChI is InChI=1S/C14H18ClN3/c1-10-7-12(5-6-18(10)2)17-14-4-3-11(9-16)8-13(14)15/h3-4,8,10,12,17H,5-7H2,1-2H3. The first kappa shape index (κ1) is 13.2. The van der Waals surface area contributed by atoms with Crippen LogP contribution in [-0.4, -0.2) is 30.6 Å². The quantitative estimate of drug-likeness (QED) is 0.891. The number of benzene rings is 1. The Morgan fingerprint density at radius 2 is 2.28 bits per heavy atom. The van der Waals surface area contributed by atoms with E-state index in [0.29, 0.717) is 22.7 Å². The summed E-state index contributed by atoms with van der Waals surface area (Å²) in [4.78, 5) is 2.37. The number of hydrogen-bond acceptors (Lipinski definition) is 3. The van der Waals surface area contributed by atoms with Crippen molar-refractivity contribution in [3.05, 3.63) is 28.8 Å². The maximum Gasteiger partial charge on any atom is 0.0992 e. The van der Waals surface area contributed by atoms with Crippen LogP contribution in [0.4, 0.5) is 5.69 Å². The van der Waals surface area contributed by atoms with Crippen LogP contribution >= 0.6 is 11.6 Å². The topological polar surface area (TPSA) is 39.1 Å². The molecule has 2 rings (SSSR count). The van der Waals surface area contributed by atoms with E-state index in [1.165, 1.54) is 0 Å². The Hall–Kier alpha value is -1.24. The lowest BCUT2D eigenvalue weighted by atomic mass is 9.98. The lowest BCUT2D eigenvalue weighted by molar-refractivity contribution is 0.190. The van der Waals surface area contributed by atoms with Gasteiger partial charge in [0.25, 0.3) is 0 Å². The number of hydrogen-bond donors (Lipinski definition) is 1. The molecule has 1 fully saturated rings. The molecule has 4 heteroatoms. The molecule has 96 valence electrons. The van der Waals surface area contributed by atoms with Gasteiger partial charge in [-0.15, -0.1) is 0 Å². The molecular weight excluding hydrogens is 246 g/mol. The highest BCUT2D eigenvalue weighted by Gasteiger charge is 2.22. The van der Waals surface area contributed by atoms with Crippen molar-refractivity contribution in [1.29, 1.82) is 5.26 Å². The number of nitriles is 1. The third kappa shape index (κ3) is 2.95. The molecule has 0 bridgehead atoms. The van der Waals surface area contributed by atoms with Gasteiger partial charge >= 0.3 is 0 Å². The van der Waals surface area contributed by atoms with Gasteiger partial charge in [0.15, 0.2) is 0 Å². The summed E-state index contributed by atoms with van der Waals surface area (Å²) in [5.41, 5.74) is 1.53. The Morgan fingerprint density at radius 1 is 1.50 bits per heavy atom. The second-order valence-corrected chi connectivity index (χ2v) is 5.41. The van der Waals surface area contributed by atoms with Crippen LogP contribution in [0.25, 0.3) is 0 Å². The van der Waals surface area contributed by atoms with Gasteiger partial charge in [-0.05, 0) is 45.0 Å². The van der Waals surface area contributed by atoms with Crippen LogP contribution in [0, 0.1) is 11.3 Å². The van der Waals surface area contributed by atoms with Crippen molar-refractivity contribution >= 4 is 17.3 Å². The second-order valence-electron chi connectivity index (χ2n) is 5.00. The number of rotatable bonds is 2. The van der Waals surface area contributed by atoms with E-state index in [2.05, 4.69) is 30.3 Å². The lowest BCUT2D eigenvalue weighted by Gasteiger charge is -2.35. The summed E-state index contributed by atoms with van der Waals surface area (Å²) in [6.07, 6.45) is 2.24. The molecule has 2 unspecified atom stereocenters. The zero-order valence-corrected chi connectivity index (χ0v) is 11.5. The number of likely N-dealkylation sites (tertiary alicyclic amines) is 1. The van der Waals surface area contributed by atoms with E-state index in [1.807, 2.05) is 6.07 Å². The molecule has 0 spiro atoms. The number of anilines is 1. The fraction of sp³-hybridized carbons (Fsp3) is 0.500. The minimum absolute atomic E-state index is 0.460. The van der Waals surface area contributed by atoms with Crippen LogP contribution in [0.15, 0.2) is 18.2 Å². The van der Waals surface area contributed by atoms with Crippen LogP contribution in [0.2, 0.25) is 5.02 Å². The molecule has 1 aromatic rings. The highest BCUT2D eigenvalue weighted by molar-refractivity contribution is 6.33. The van der Waals surface area contributed by atoms with Crippen molar-refractivity contribution in [1.82, 2.24) is 4.90 Å². The van der Waals surface area contributed by atoms with Gasteiger partial charge < -0.3 is 10.2 Å². The first-order valence-electron chi connectivity index (χ1n) is 6.26. The Bertz CT molecular complexity index is 467. The summed E-state index contributed by atoms with van der Waals surface area (Å²) in [7, 11) is 2.16. The first-order valence-corrected chi connectivity index (χ1v) is 6.64. The minimum Gasteiger partial charge on any atom is -0.381 e. The molecule has 1 saturated heterocycles. The monoisotopic (exact) mass is 263 g/mol. The molecule has 18 heavy (non-hydrogen) atoms. The maximum absolute atomic E-state index is 8.80. The van der Waals surface area contributed by atoms with Gasteiger partial charge in [-0.3, -0.25) is 0 Å². The van der Waals surface area contributed by atoms with Crippen molar-refractivity contribution in [2.75, 3.05) is 18.9 Å². The normalized spacial score (nSPS) is 24.6. The van der Waals surface area contributed by atoms with Gasteiger partial charge in [0, 0.05) is 18.6 Å². The minimum atomic E-state index is 0.460. The largest absolute Gasteiger partial charge is 0.381 e. The van der Waals surface area contributed by atoms with Crippen molar-refractivity contribution in [2.45, 2.75) is 31.8 Å². The molecule has 1 aromatic carbocycles. The van der Waals surface area contributed by atoms with Gasteiger partial charge in [0.2, 0.25) is 0 Å². The van der Waals surface area contributed by atoms with Gasteiger partial charge in [-0.25, -0.2) is 0 Å². The number of nitrogens with one attached hydrogen (secondary N) is 1. The van der Waals surface area contributed by atoms with Crippen molar-refractivity contribution in [3.63, 3.8) is 0 Å². The van der Waals surface area contributed by atoms with Gasteiger partial charge in [0.05, 0.1) is 22.3 Å². The lowest BCUT2D eigenvalue weighted by Crippen LogP contribution is -2.42. The first-order chi connectivity index (χ1) is 8.60. The van der Waals surface area contributed by atoms with Crippen molar-refractivity contribution in [2.24, 2.45) is 0 Å². The molecule has 1 heterocycles. The fourth-order valence-electron chi connectivity index (χ4n) is 2.34. The second kappa shape index (κ2) is 5.60. The highest BCUT2D eigenvalue weighted by atomic mass is 35.5. The molecule has 0 radical (unpaired) electrons. The number of piperidine rings is 1. The molecule has 1 N–H and O–H groups in total. The van der Waals surface area contributed by atoms with Crippen molar-refractivity contribution in [3.8, 4) is 6.07 Å².